The number of halogens is 1. The van der Waals surface area contributed by atoms with E-state index in [2.05, 4.69) is 25.7 Å². The number of amides is 2. The van der Waals surface area contributed by atoms with E-state index in [0.717, 1.165) is 17.0 Å². The molecule has 10 heteroatoms. The van der Waals surface area contributed by atoms with E-state index in [4.69, 9.17) is 16.3 Å². The number of carbonyl (C=O) groups excluding carboxylic acids is 2. The SMILES string of the molecule is Cc1nc2ncnn2c(C)c1CCC(=O)Nc1cc2c(cc1Cl)NC(=O)CO2. The second-order valence-corrected chi connectivity index (χ2v) is 6.85. The highest BCUT2D eigenvalue weighted by Gasteiger charge is 2.19. The standard InChI is InChI=1S/C18H17ClN6O3/c1-9-11(10(2)25-18(22-9)20-8-21-25)3-4-16(26)23-13-6-15-14(5-12(13)19)24-17(27)7-28-15/h5-6,8H,3-4,7H2,1-2H3,(H,23,26)(H,24,27). The van der Waals surface area contributed by atoms with Crippen molar-refractivity contribution in [2.75, 3.05) is 17.2 Å². The Hall–Kier alpha value is -3.20. The number of fused-ring (bicyclic) bond motifs is 2. The second-order valence-electron chi connectivity index (χ2n) is 6.45. The molecule has 0 bridgehead atoms. The third-order valence-corrected chi connectivity index (χ3v) is 4.88. The summed E-state index contributed by atoms with van der Waals surface area (Å²) in [6.45, 7) is 3.74. The van der Waals surface area contributed by atoms with Crippen LogP contribution in [0, 0.1) is 13.8 Å². The first-order valence-corrected chi connectivity index (χ1v) is 9.02. The summed E-state index contributed by atoms with van der Waals surface area (Å²) in [6.07, 6.45) is 2.20. The van der Waals surface area contributed by atoms with Gasteiger partial charge in [0, 0.05) is 23.9 Å². The molecule has 1 aliphatic rings. The summed E-state index contributed by atoms with van der Waals surface area (Å²) in [5.74, 6) is 0.561. The zero-order chi connectivity index (χ0) is 19.8. The molecule has 0 saturated carbocycles. The van der Waals surface area contributed by atoms with Gasteiger partial charge in [0.25, 0.3) is 11.7 Å². The Morgan fingerprint density at radius 1 is 1.39 bits per heavy atom. The van der Waals surface area contributed by atoms with E-state index in [9.17, 15) is 9.59 Å². The molecule has 2 aromatic heterocycles. The van der Waals surface area contributed by atoms with Gasteiger partial charge in [-0.1, -0.05) is 11.6 Å². The van der Waals surface area contributed by atoms with Gasteiger partial charge in [0.05, 0.1) is 16.4 Å². The minimum Gasteiger partial charge on any atom is -0.482 e. The number of aryl methyl sites for hydroxylation is 2. The number of benzene rings is 1. The summed E-state index contributed by atoms with van der Waals surface area (Å²) < 4.78 is 7.02. The normalized spacial score (nSPS) is 13.0. The van der Waals surface area contributed by atoms with E-state index in [1.165, 1.54) is 6.33 Å². The van der Waals surface area contributed by atoms with Gasteiger partial charge in [0.1, 0.15) is 12.1 Å². The maximum atomic E-state index is 12.5. The van der Waals surface area contributed by atoms with Crippen molar-refractivity contribution in [3.63, 3.8) is 0 Å². The van der Waals surface area contributed by atoms with Crippen LogP contribution in [0.2, 0.25) is 5.02 Å². The van der Waals surface area contributed by atoms with Crippen LogP contribution in [0.4, 0.5) is 11.4 Å². The van der Waals surface area contributed by atoms with Crippen molar-refractivity contribution in [2.45, 2.75) is 26.7 Å². The molecular formula is C18H17ClN6O3. The van der Waals surface area contributed by atoms with Crippen LogP contribution < -0.4 is 15.4 Å². The van der Waals surface area contributed by atoms with E-state index < -0.39 is 0 Å². The molecule has 1 aromatic carbocycles. The van der Waals surface area contributed by atoms with Crippen LogP contribution in [0.1, 0.15) is 23.4 Å². The minimum atomic E-state index is -0.246. The fraction of sp³-hybridized carbons (Fsp3) is 0.278. The van der Waals surface area contributed by atoms with Crippen molar-refractivity contribution in [3.05, 3.63) is 40.4 Å². The topological polar surface area (TPSA) is 111 Å². The van der Waals surface area contributed by atoms with E-state index in [1.807, 2.05) is 13.8 Å². The summed E-state index contributed by atoms with van der Waals surface area (Å²) in [5.41, 5.74) is 3.60. The molecule has 0 radical (unpaired) electrons. The maximum Gasteiger partial charge on any atom is 0.262 e. The number of nitrogens with one attached hydrogen (secondary N) is 2. The predicted molar refractivity (Wildman–Crippen MR) is 103 cm³/mol. The number of hydrogen-bond donors (Lipinski definition) is 2. The first-order valence-electron chi connectivity index (χ1n) is 8.64. The van der Waals surface area contributed by atoms with Crippen LogP contribution in [0.25, 0.3) is 5.78 Å². The van der Waals surface area contributed by atoms with Crippen LogP contribution >= 0.6 is 11.6 Å². The zero-order valence-electron chi connectivity index (χ0n) is 15.2. The van der Waals surface area contributed by atoms with Crippen molar-refractivity contribution >= 4 is 40.6 Å². The number of hydrogen-bond acceptors (Lipinski definition) is 6. The van der Waals surface area contributed by atoms with E-state index in [1.54, 1.807) is 16.6 Å². The molecule has 4 rings (SSSR count). The molecule has 0 atom stereocenters. The molecule has 0 fully saturated rings. The molecule has 3 aromatic rings. The van der Waals surface area contributed by atoms with Gasteiger partial charge in [-0.15, -0.1) is 0 Å². The third-order valence-electron chi connectivity index (χ3n) is 4.57. The Balaban J connectivity index is 1.48. The molecule has 2 N–H and O–H groups in total. The third kappa shape index (κ3) is 3.36. The molecule has 2 amide bonds. The lowest BCUT2D eigenvalue weighted by atomic mass is 10.1. The number of carbonyl (C=O) groups is 2. The molecule has 3 heterocycles. The van der Waals surface area contributed by atoms with Gasteiger partial charge in [0.2, 0.25) is 5.91 Å². The summed E-state index contributed by atoms with van der Waals surface area (Å²) in [6, 6.07) is 3.16. The maximum absolute atomic E-state index is 12.5. The van der Waals surface area contributed by atoms with Crippen molar-refractivity contribution in [3.8, 4) is 5.75 Å². The van der Waals surface area contributed by atoms with E-state index in [0.29, 0.717) is 34.3 Å². The summed E-state index contributed by atoms with van der Waals surface area (Å²) in [5, 5.41) is 9.94. The Labute approximate surface area is 165 Å². The number of nitrogens with zero attached hydrogens (tertiary/aromatic N) is 4. The lowest BCUT2D eigenvalue weighted by Gasteiger charge is -2.19. The monoisotopic (exact) mass is 400 g/mol. The number of ether oxygens (including phenoxy) is 1. The number of anilines is 2. The quantitative estimate of drug-likeness (QED) is 0.695. The average molecular weight is 401 g/mol. The fourth-order valence-corrected chi connectivity index (χ4v) is 3.38. The molecule has 9 nitrogen and oxygen atoms in total. The van der Waals surface area contributed by atoms with Gasteiger partial charge in [-0.05, 0) is 31.9 Å². The highest BCUT2D eigenvalue weighted by molar-refractivity contribution is 6.34. The first kappa shape index (κ1) is 18.2. The van der Waals surface area contributed by atoms with Crippen LogP contribution in [0.5, 0.6) is 5.75 Å². The number of aromatic nitrogens is 4. The molecule has 0 saturated heterocycles. The molecule has 0 spiro atoms. The van der Waals surface area contributed by atoms with Gasteiger partial charge >= 0.3 is 0 Å². The van der Waals surface area contributed by atoms with Gasteiger partial charge in [-0.2, -0.15) is 10.1 Å². The Morgan fingerprint density at radius 2 is 2.21 bits per heavy atom. The first-order chi connectivity index (χ1) is 13.4. The highest BCUT2D eigenvalue weighted by atomic mass is 35.5. The van der Waals surface area contributed by atoms with Crippen molar-refractivity contribution in [1.82, 2.24) is 19.6 Å². The van der Waals surface area contributed by atoms with Crippen LogP contribution in [-0.2, 0) is 16.0 Å². The molecule has 1 aliphatic heterocycles. The average Bonchev–Trinajstić information content (AvgIpc) is 3.11. The molecule has 28 heavy (non-hydrogen) atoms. The lowest BCUT2D eigenvalue weighted by Crippen LogP contribution is -2.25. The Bertz CT molecular complexity index is 1110. The molecular weight excluding hydrogens is 384 g/mol. The van der Waals surface area contributed by atoms with Gasteiger partial charge in [-0.3, -0.25) is 9.59 Å². The van der Waals surface area contributed by atoms with E-state index >= 15 is 0 Å². The summed E-state index contributed by atoms with van der Waals surface area (Å²) >= 11 is 6.22. The number of rotatable bonds is 4. The van der Waals surface area contributed by atoms with Gasteiger partial charge in [0.15, 0.2) is 6.61 Å². The van der Waals surface area contributed by atoms with Gasteiger partial charge < -0.3 is 15.4 Å². The van der Waals surface area contributed by atoms with Crippen LogP contribution in [0.15, 0.2) is 18.5 Å². The van der Waals surface area contributed by atoms with Crippen LogP contribution in [0.3, 0.4) is 0 Å². The zero-order valence-corrected chi connectivity index (χ0v) is 16.0. The predicted octanol–water partition coefficient (Wildman–Crippen LogP) is 2.30. The highest BCUT2D eigenvalue weighted by Crippen LogP contribution is 2.36. The second kappa shape index (κ2) is 7.08. The Kier molecular flexibility index (Phi) is 4.60. The van der Waals surface area contributed by atoms with E-state index in [-0.39, 0.29) is 24.8 Å². The smallest absolute Gasteiger partial charge is 0.262 e. The Morgan fingerprint density at radius 3 is 3.04 bits per heavy atom. The molecule has 144 valence electrons. The molecule has 0 unspecified atom stereocenters. The summed E-state index contributed by atoms with van der Waals surface area (Å²) in [4.78, 5) is 32.3. The van der Waals surface area contributed by atoms with Crippen molar-refractivity contribution in [2.24, 2.45) is 0 Å². The van der Waals surface area contributed by atoms with Crippen LogP contribution in [-0.4, -0.2) is 38.0 Å². The summed E-state index contributed by atoms with van der Waals surface area (Å²) in [7, 11) is 0. The minimum absolute atomic E-state index is 0.0711. The lowest BCUT2D eigenvalue weighted by molar-refractivity contribution is -0.118. The van der Waals surface area contributed by atoms with Crippen molar-refractivity contribution in [1.29, 1.82) is 0 Å². The molecule has 0 aliphatic carbocycles. The fourth-order valence-electron chi connectivity index (χ4n) is 3.16. The van der Waals surface area contributed by atoms with Gasteiger partial charge in [-0.25, -0.2) is 9.50 Å². The largest absolute Gasteiger partial charge is 0.482 e. The van der Waals surface area contributed by atoms with Crippen molar-refractivity contribution < 1.29 is 14.3 Å².